The molecule has 0 aliphatic heterocycles. The maximum Gasteiger partial charge on any atom is 0.248 e. The number of nitrogens with one attached hydrogen (secondary N) is 1. The largest absolute Gasteiger partial charge is 0.383 e. The second-order valence-electron chi connectivity index (χ2n) is 5.55. The molecule has 0 radical (unpaired) electrons. The fraction of sp³-hybridized carbons (Fsp3) is 1.00. The van der Waals surface area contributed by atoms with Gasteiger partial charge in [0.1, 0.15) is 0 Å². The van der Waals surface area contributed by atoms with Crippen LogP contribution in [-0.4, -0.2) is 32.7 Å². The molecule has 1 aliphatic carbocycles. The first kappa shape index (κ1) is 15.8. The zero-order valence-electron chi connectivity index (χ0n) is 11.7. The fourth-order valence-corrected chi connectivity index (χ4v) is 2.91. The molecule has 0 amide bonds. The summed E-state index contributed by atoms with van der Waals surface area (Å²) in [6.07, 6.45) is 4.09. The Morgan fingerprint density at radius 3 is 2.78 bits per heavy atom. The number of alkyl halides is 2. The summed E-state index contributed by atoms with van der Waals surface area (Å²) in [5.74, 6) is -1.64. The molecule has 1 fully saturated rings. The molecule has 1 rings (SSSR count). The second-order valence-corrected chi connectivity index (χ2v) is 5.55. The normalized spacial score (nSPS) is 24.3. The first-order valence-corrected chi connectivity index (χ1v) is 7.15. The minimum absolute atomic E-state index is 0.0909. The Morgan fingerprint density at radius 2 is 2.22 bits per heavy atom. The van der Waals surface area contributed by atoms with Crippen molar-refractivity contribution in [1.29, 1.82) is 0 Å². The molecule has 1 N–H and O–H groups in total. The molecule has 0 aromatic heterocycles. The zero-order chi connectivity index (χ0) is 13.4. The first-order valence-electron chi connectivity index (χ1n) is 7.15. The zero-order valence-corrected chi connectivity index (χ0v) is 11.7. The van der Waals surface area contributed by atoms with E-state index in [2.05, 4.69) is 12.2 Å². The maximum atomic E-state index is 13.2. The Bertz CT molecular complexity index is 224. The number of ether oxygens (including phenoxy) is 1. The van der Waals surface area contributed by atoms with Crippen LogP contribution in [0.25, 0.3) is 0 Å². The summed E-state index contributed by atoms with van der Waals surface area (Å²) in [6, 6.07) is 0. The standard InChI is InChI=1S/C14H27F2NO/c1-3-4-13(11-17-7-8-18-2)9-12-5-6-14(15,16)10-12/h12-13,17H,3-11H2,1-2H3. The van der Waals surface area contributed by atoms with Gasteiger partial charge in [-0.05, 0) is 37.6 Å². The Morgan fingerprint density at radius 1 is 1.44 bits per heavy atom. The van der Waals surface area contributed by atoms with Gasteiger partial charge in [0.15, 0.2) is 0 Å². The van der Waals surface area contributed by atoms with Crippen LogP contribution in [0.2, 0.25) is 0 Å². The molecule has 0 aromatic rings. The molecule has 4 heteroatoms. The van der Waals surface area contributed by atoms with Gasteiger partial charge in [0.2, 0.25) is 5.92 Å². The fourth-order valence-electron chi connectivity index (χ4n) is 2.91. The van der Waals surface area contributed by atoms with Crippen molar-refractivity contribution in [3.05, 3.63) is 0 Å². The molecule has 0 heterocycles. The Balaban J connectivity index is 2.24. The van der Waals surface area contributed by atoms with E-state index in [1.807, 2.05) is 0 Å². The van der Waals surface area contributed by atoms with Crippen LogP contribution < -0.4 is 5.32 Å². The van der Waals surface area contributed by atoms with Gasteiger partial charge in [-0.1, -0.05) is 13.3 Å². The van der Waals surface area contributed by atoms with Gasteiger partial charge in [-0.15, -0.1) is 0 Å². The van der Waals surface area contributed by atoms with E-state index in [4.69, 9.17) is 4.74 Å². The van der Waals surface area contributed by atoms with E-state index >= 15 is 0 Å². The third-order valence-corrected chi connectivity index (χ3v) is 3.79. The van der Waals surface area contributed by atoms with E-state index in [0.717, 1.165) is 32.4 Å². The third kappa shape index (κ3) is 6.10. The van der Waals surface area contributed by atoms with E-state index in [0.29, 0.717) is 18.9 Å². The van der Waals surface area contributed by atoms with Crippen molar-refractivity contribution in [2.75, 3.05) is 26.8 Å². The molecule has 108 valence electrons. The topological polar surface area (TPSA) is 21.3 Å². The van der Waals surface area contributed by atoms with E-state index in [-0.39, 0.29) is 18.8 Å². The SMILES string of the molecule is CCCC(CNCCOC)CC1CCC(F)(F)C1. The molecule has 18 heavy (non-hydrogen) atoms. The number of halogens is 2. The summed E-state index contributed by atoms with van der Waals surface area (Å²) in [7, 11) is 1.69. The van der Waals surface area contributed by atoms with Crippen molar-refractivity contribution in [3.8, 4) is 0 Å². The van der Waals surface area contributed by atoms with Gasteiger partial charge in [-0.25, -0.2) is 8.78 Å². The van der Waals surface area contributed by atoms with E-state index in [1.165, 1.54) is 0 Å². The van der Waals surface area contributed by atoms with Crippen LogP contribution in [0.15, 0.2) is 0 Å². The predicted molar refractivity (Wildman–Crippen MR) is 70.0 cm³/mol. The van der Waals surface area contributed by atoms with Crippen molar-refractivity contribution in [3.63, 3.8) is 0 Å². The smallest absolute Gasteiger partial charge is 0.248 e. The van der Waals surface area contributed by atoms with Crippen LogP contribution in [0.5, 0.6) is 0 Å². The van der Waals surface area contributed by atoms with Crippen LogP contribution in [-0.2, 0) is 4.74 Å². The summed E-state index contributed by atoms with van der Waals surface area (Å²) in [4.78, 5) is 0. The average Bonchev–Trinajstić information content (AvgIpc) is 2.64. The molecule has 2 atom stereocenters. The first-order chi connectivity index (χ1) is 8.57. The molecule has 0 saturated heterocycles. The van der Waals surface area contributed by atoms with Gasteiger partial charge in [-0.3, -0.25) is 0 Å². The molecule has 1 aliphatic rings. The molecule has 0 bridgehead atoms. The van der Waals surface area contributed by atoms with Crippen molar-refractivity contribution >= 4 is 0 Å². The van der Waals surface area contributed by atoms with Gasteiger partial charge in [0.25, 0.3) is 0 Å². The van der Waals surface area contributed by atoms with Crippen LogP contribution in [0.1, 0.15) is 45.4 Å². The van der Waals surface area contributed by atoms with Crippen LogP contribution in [0, 0.1) is 11.8 Å². The molecule has 2 nitrogen and oxygen atoms in total. The highest BCUT2D eigenvalue weighted by Gasteiger charge is 2.39. The van der Waals surface area contributed by atoms with Gasteiger partial charge in [-0.2, -0.15) is 0 Å². The maximum absolute atomic E-state index is 13.2. The predicted octanol–water partition coefficient (Wildman–Crippen LogP) is 3.46. The summed E-state index contributed by atoms with van der Waals surface area (Å²) >= 11 is 0. The lowest BCUT2D eigenvalue weighted by atomic mass is 9.90. The minimum Gasteiger partial charge on any atom is -0.383 e. The van der Waals surface area contributed by atoms with Gasteiger partial charge in [0, 0.05) is 26.5 Å². The van der Waals surface area contributed by atoms with Crippen molar-refractivity contribution < 1.29 is 13.5 Å². The summed E-state index contributed by atoms with van der Waals surface area (Å²) in [5.41, 5.74) is 0. The number of rotatable bonds is 9. The van der Waals surface area contributed by atoms with Crippen LogP contribution >= 0.6 is 0 Å². The Hall–Kier alpha value is -0.220. The highest BCUT2D eigenvalue weighted by atomic mass is 19.3. The summed E-state index contributed by atoms with van der Waals surface area (Å²) in [6.45, 7) is 4.64. The Kier molecular flexibility index (Phi) is 7.08. The monoisotopic (exact) mass is 263 g/mol. The van der Waals surface area contributed by atoms with E-state index < -0.39 is 5.92 Å². The lowest BCUT2D eigenvalue weighted by Crippen LogP contribution is -2.27. The van der Waals surface area contributed by atoms with E-state index in [1.54, 1.807) is 7.11 Å². The van der Waals surface area contributed by atoms with Crippen molar-refractivity contribution in [2.24, 2.45) is 11.8 Å². The lowest BCUT2D eigenvalue weighted by molar-refractivity contribution is 0.00399. The third-order valence-electron chi connectivity index (χ3n) is 3.79. The van der Waals surface area contributed by atoms with Crippen LogP contribution in [0.3, 0.4) is 0 Å². The van der Waals surface area contributed by atoms with Crippen molar-refractivity contribution in [1.82, 2.24) is 5.32 Å². The van der Waals surface area contributed by atoms with Crippen molar-refractivity contribution in [2.45, 2.75) is 51.4 Å². The number of methoxy groups -OCH3 is 1. The molecule has 1 saturated carbocycles. The molecular formula is C14H27F2NO. The Labute approximate surface area is 109 Å². The minimum atomic E-state index is -2.40. The highest BCUT2D eigenvalue weighted by molar-refractivity contribution is 4.83. The quantitative estimate of drug-likeness (QED) is 0.643. The summed E-state index contributed by atoms with van der Waals surface area (Å²) in [5, 5.41) is 3.35. The number of hydrogen-bond donors (Lipinski definition) is 1. The lowest BCUT2D eigenvalue weighted by Gasteiger charge is -2.20. The van der Waals surface area contributed by atoms with Gasteiger partial charge < -0.3 is 10.1 Å². The second kappa shape index (κ2) is 8.05. The average molecular weight is 263 g/mol. The molecular weight excluding hydrogens is 236 g/mol. The van der Waals surface area contributed by atoms with Crippen LogP contribution in [0.4, 0.5) is 8.78 Å². The molecule has 0 aromatic carbocycles. The van der Waals surface area contributed by atoms with Gasteiger partial charge >= 0.3 is 0 Å². The molecule has 2 unspecified atom stereocenters. The highest BCUT2D eigenvalue weighted by Crippen LogP contribution is 2.41. The number of hydrogen-bond acceptors (Lipinski definition) is 2. The van der Waals surface area contributed by atoms with Gasteiger partial charge in [0.05, 0.1) is 6.61 Å². The van der Waals surface area contributed by atoms with E-state index in [9.17, 15) is 8.78 Å². The summed E-state index contributed by atoms with van der Waals surface area (Å²) < 4.78 is 31.3. The molecule has 0 spiro atoms.